The van der Waals surface area contributed by atoms with E-state index in [4.69, 9.17) is 4.74 Å². The van der Waals surface area contributed by atoms with Crippen LogP contribution in [0.15, 0.2) is 6.07 Å². The summed E-state index contributed by atoms with van der Waals surface area (Å²) in [4.78, 5) is 16.0. The molecule has 3 rings (SSSR count). The summed E-state index contributed by atoms with van der Waals surface area (Å²) in [6.07, 6.45) is -3.69. The molecule has 9 heteroatoms. The molecule has 130 valence electrons. The van der Waals surface area contributed by atoms with Gasteiger partial charge in [0.05, 0.1) is 16.6 Å². The van der Waals surface area contributed by atoms with E-state index in [0.29, 0.717) is 0 Å². The van der Waals surface area contributed by atoms with Gasteiger partial charge < -0.3 is 10.1 Å². The van der Waals surface area contributed by atoms with Gasteiger partial charge in [0.25, 0.3) is 5.91 Å². The second-order valence-corrected chi connectivity index (χ2v) is 5.96. The number of pyridine rings is 1. The second-order valence-electron chi connectivity index (χ2n) is 5.96. The maximum Gasteiger partial charge on any atom is 0.417 e. The number of aromatic nitrogens is 3. The summed E-state index contributed by atoms with van der Waals surface area (Å²) in [5.74, 6) is -0.620. The monoisotopic (exact) mass is 342 g/mol. The number of halogens is 3. The number of carbonyl (C=O) groups is 1. The van der Waals surface area contributed by atoms with Gasteiger partial charge in [-0.25, -0.2) is 0 Å². The van der Waals surface area contributed by atoms with Gasteiger partial charge in [-0.15, -0.1) is 0 Å². The maximum absolute atomic E-state index is 13.4. The Kier molecular flexibility index (Phi) is 3.89. The molecule has 2 heterocycles. The zero-order chi connectivity index (χ0) is 17.6. The van der Waals surface area contributed by atoms with E-state index in [9.17, 15) is 18.0 Å². The second kappa shape index (κ2) is 5.64. The van der Waals surface area contributed by atoms with E-state index < -0.39 is 17.8 Å². The first-order chi connectivity index (χ1) is 11.2. The van der Waals surface area contributed by atoms with Crippen molar-refractivity contribution in [2.24, 2.45) is 7.05 Å². The van der Waals surface area contributed by atoms with Crippen LogP contribution in [-0.4, -0.2) is 32.8 Å². The minimum atomic E-state index is -4.58. The van der Waals surface area contributed by atoms with E-state index in [-0.39, 0.29) is 34.6 Å². The van der Waals surface area contributed by atoms with Crippen molar-refractivity contribution < 1.29 is 22.7 Å². The molecular weight excluding hydrogens is 325 g/mol. The first kappa shape index (κ1) is 16.5. The lowest BCUT2D eigenvalue weighted by molar-refractivity contribution is -0.136. The fraction of sp³-hybridized carbons (Fsp3) is 0.533. The average Bonchev–Trinajstić information content (AvgIpc) is 3.24. The summed E-state index contributed by atoms with van der Waals surface area (Å²) in [6, 6.07) is 0.960. The van der Waals surface area contributed by atoms with Gasteiger partial charge in [-0.3, -0.25) is 9.48 Å². The number of alkyl halides is 3. The highest BCUT2D eigenvalue weighted by atomic mass is 19.4. The fourth-order valence-electron chi connectivity index (χ4n) is 2.49. The number of carbonyl (C=O) groups excluding carboxylic acids is 1. The van der Waals surface area contributed by atoms with E-state index in [1.165, 1.54) is 25.6 Å². The minimum absolute atomic E-state index is 0.0622. The quantitative estimate of drug-likeness (QED) is 0.926. The maximum atomic E-state index is 13.4. The van der Waals surface area contributed by atoms with Crippen LogP contribution in [0.1, 0.15) is 31.0 Å². The number of nitrogens with one attached hydrogen (secondary N) is 1. The normalized spacial score (nSPS) is 16.2. The molecule has 0 aliphatic heterocycles. The molecule has 1 aliphatic carbocycles. The minimum Gasteiger partial charge on any atom is -0.464 e. The summed E-state index contributed by atoms with van der Waals surface area (Å²) in [5.41, 5.74) is -0.576. The third-order valence-corrected chi connectivity index (χ3v) is 3.84. The number of ether oxygens (including phenoxy) is 1. The highest BCUT2D eigenvalue weighted by Crippen LogP contribution is 2.37. The standard InChI is InChI=1S/C15H17F3N4O2/c1-7-12-10(15(16,17)18)6-11(20-13(12)22(3)21-7)24-8(2)14(23)19-9-4-5-9/h6,8-9H,4-5H2,1-3H3,(H,19,23)/t8-/m0/s1. The molecule has 1 amide bonds. The highest BCUT2D eigenvalue weighted by Gasteiger charge is 2.36. The smallest absolute Gasteiger partial charge is 0.417 e. The zero-order valence-electron chi connectivity index (χ0n) is 13.4. The van der Waals surface area contributed by atoms with Crippen LogP contribution >= 0.6 is 0 Å². The Labute approximate surface area is 136 Å². The van der Waals surface area contributed by atoms with Gasteiger partial charge in [0.1, 0.15) is 0 Å². The molecule has 0 aromatic carbocycles. The fourth-order valence-corrected chi connectivity index (χ4v) is 2.49. The molecule has 6 nitrogen and oxygen atoms in total. The highest BCUT2D eigenvalue weighted by molar-refractivity contribution is 5.84. The van der Waals surface area contributed by atoms with Gasteiger partial charge in [-0.1, -0.05) is 0 Å². The Morgan fingerprint density at radius 3 is 2.71 bits per heavy atom. The molecule has 1 saturated carbocycles. The van der Waals surface area contributed by atoms with Crippen LogP contribution in [0.3, 0.4) is 0 Å². The SMILES string of the molecule is Cc1nn(C)c2nc(O[C@@H](C)C(=O)NC3CC3)cc(C(F)(F)F)c12. The lowest BCUT2D eigenvalue weighted by atomic mass is 10.1. The van der Waals surface area contributed by atoms with E-state index in [1.807, 2.05) is 0 Å². The Morgan fingerprint density at radius 2 is 2.12 bits per heavy atom. The molecule has 2 aromatic rings. The number of rotatable bonds is 4. The summed E-state index contributed by atoms with van der Waals surface area (Å²) < 4.78 is 46.7. The van der Waals surface area contributed by atoms with Crippen LogP contribution in [0.4, 0.5) is 13.2 Å². The molecule has 1 fully saturated rings. The largest absolute Gasteiger partial charge is 0.464 e. The van der Waals surface area contributed by atoms with Crippen LogP contribution in [-0.2, 0) is 18.0 Å². The molecule has 1 N–H and O–H groups in total. The van der Waals surface area contributed by atoms with Crippen molar-refractivity contribution in [3.05, 3.63) is 17.3 Å². The Morgan fingerprint density at radius 1 is 1.46 bits per heavy atom. The van der Waals surface area contributed by atoms with Crippen molar-refractivity contribution in [2.75, 3.05) is 0 Å². The molecule has 0 unspecified atom stereocenters. The van der Waals surface area contributed by atoms with Crippen molar-refractivity contribution in [1.82, 2.24) is 20.1 Å². The molecule has 24 heavy (non-hydrogen) atoms. The van der Waals surface area contributed by atoms with Gasteiger partial charge in [-0.05, 0) is 26.7 Å². The van der Waals surface area contributed by atoms with Gasteiger partial charge >= 0.3 is 6.18 Å². The van der Waals surface area contributed by atoms with Crippen LogP contribution in [0.25, 0.3) is 11.0 Å². The first-order valence-electron chi connectivity index (χ1n) is 7.55. The van der Waals surface area contributed by atoms with Crippen molar-refractivity contribution >= 4 is 16.9 Å². The Bertz CT molecular complexity index is 796. The van der Waals surface area contributed by atoms with Crippen LogP contribution in [0.2, 0.25) is 0 Å². The zero-order valence-corrected chi connectivity index (χ0v) is 13.4. The third kappa shape index (κ3) is 3.15. The summed E-state index contributed by atoms with van der Waals surface area (Å²) >= 11 is 0. The van der Waals surface area contributed by atoms with Crippen LogP contribution in [0, 0.1) is 6.92 Å². The Balaban J connectivity index is 1.96. The number of fused-ring (bicyclic) bond motifs is 1. The molecule has 0 saturated heterocycles. The number of hydrogen-bond donors (Lipinski definition) is 1. The lowest BCUT2D eigenvalue weighted by Crippen LogP contribution is -2.37. The van der Waals surface area contributed by atoms with Crippen molar-refractivity contribution in [3.8, 4) is 5.88 Å². The molecule has 1 atom stereocenters. The lowest BCUT2D eigenvalue weighted by Gasteiger charge is -2.16. The first-order valence-corrected chi connectivity index (χ1v) is 7.55. The predicted molar refractivity (Wildman–Crippen MR) is 79.5 cm³/mol. The molecule has 0 spiro atoms. The van der Waals surface area contributed by atoms with Crippen molar-refractivity contribution in [1.29, 1.82) is 0 Å². The molecule has 0 bridgehead atoms. The predicted octanol–water partition coefficient (Wildman–Crippen LogP) is 2.34. The number of aryl methyl sites for hydroxylation is 2. The molecular formula is C15H17F3N4O2. The Hall–Kier alpha value is -2.32. The van der Waals surface area contributed by atoms with Gasteiger partial charge in [0, 0.05) is 19.2 Å². The van der Waals surface area contributed by atoms with Crippen LogP contribution < -0.4 is 10.1 Å². The topological polar surface area (TPSA) is 69.0 Å². The van der Waals surface area contributed by atoms with Crippen molar-refractivity contribution in [2.45, 2.75) is 45.0 Å². The number of hydrogen-bond acceptors (Lipinski definition) is 4. The molecule has 0 radical (unpaired) electrons. The van der Waals surface area contributed by atoms with Gasteiger partial charge in [-0.2, -0.15) is 23.3 Å². The van der Waals surface area contributed by atoms with Gasteiger partial charge in [0.15, 0.2) is 11.8 Å². The summed E-state index contributed by atoms with van der Waals surface area (Å²) in [7, 11) is 1.51. The molecule has 1 aliphatic rings. The van der Waals surface area contributed by atoms with E-state index in [0.717, 1.165) is 18.9 Å². The van der Waals surface area contributed by atoms with E-state index in [1.54, 1.807) is 0 Å². The van der Waals surface area contributed by atoms with E-state index >= 15 is 0 Å². The van der Waals surface area contributed by atoms with E-state index in [2.05, 4.69) is 15.4 Å². The number of amides is 1. The van der Waals surface area contributed by atoms with Gasteiger partial charge in [0.2, 0.25) is 5.88 Å². The van der Waals surface area contributed by atoms with Crippen LogP contribution in [0.5, 0.6) is 5.88 Å². The number of nitrogens with zero attached hydrogens (tertiary/aromatic N) is 3. The average molecular weight is 342 g/mol. The third-order valence-electron chi connectivity index (χ3n) is 3.84. The van der Waals surface area contributed by atoms with Crippen molar-refractivity contribution in [3.63, 3.8) is 0 Å². The summed E-state index contributed by atoms with van der Waals surface area (Å²) in [5, 5.41) is 6.66. The molecule has 2 aromatic heterocycles. The summed E-state index contributed by atoms with van der Waals surface area (Å²) in [6.45, 7) is 2.97.